The molecular weight excluding hydrogens is 276 g/mol. The Hall–Kier alpha value is -2.70. The van der Waals surface area contributed by atoms with Gasteiger partial charge in [0.15, 0.2) is 0 Å². The van der Waals surface area contributed by atoms with Crippen molar-refractivity contribution in [1.29, 1.82) is 0 Å². The van der Waals surface area contributed by atoms with Gasteiger partial charge in [0, 0.05) is 19.0 Å². The summed E-state index contributed by atoms with van der Waals surface area (Å²) in [7, 11) is 1.37. The number of aromatic carboxylic acids is 1. The minimum atomic E-state index is -1.14. The highest BCUT2D eigenvalue weighted by molar-refractivity contribution is 6.04. The summed E-state index contributed by atoms with van der Waals surface area (Å²) in [4.78, 5) is 47.1. The summed E-state index contributed by atoms with van der Waals surface area (Å²) in [6, 6.07) is 4.76. The molecule has 0 aromatic heterocycles. The molecule has 2 N–H and O–H groups in total. The third-order valence-corrected chi connectivity index (χ3v) is 3.33. The van der Waals surface area contributed by atoms with Gasteiger partial charge in [0.05, 0.1) is 5.56 Å². The van der Waals surface area contributed by atoms with Crippen molar-refractivity contribution in [3.05, 3.63) is 35.4 Å². The van der Waals surface area contributed by atoms with Crippen molar-refractivity contribution in [2.45, 2.75) is 18.9 Å². The molecule has 0 aliphatic carbocycles. The first-order valence-electron chi connectivity index (χ1n) is 6.35. The van der Waals surface area contributed by atoms with E-state index in [1.807, 2.05) is 0 Å². The molecule has 0 radical (unpaired) electrons. The summed E-state index contributed by atoms with van der Waals surface area (Å²) in [6.45, 7) is 0. The predicted octanol–water partition coefficient (Wildman–Crippen LogP) is 0.262. The molecule has 3 amide bonds. The summed E-state index contributed by atoms with van der Waals surface area (Å²) < 4.78 is 0. The highest BCUT2D eigenvalue weighted by Gasteiger charge is 2.32. The Morgan fingerprint density at radius 3 is 2.62 bits per heavy atom. The molecule has 1 aromatic carbocycles. The van der Waals surface area contributed by atoms with Crippen LogP contribution in [0.15, 0.2) is 24.3 Å². The number of carbonyl (C=O) groups is 4. The number of nitrogens with one attached hydrogen (secondary N) is 1. The largest absolute Gasteiger partial charge is 0.478 e. The van der Waals surface area contributed by atoms with Crippen molar-refractivity contribution in [2.24, 2.45) is 0 Å². The number of imide groups is 1. The van der Waals surface area contributed by atoms with Gasteiger partial charge in [-0.2, -0.15) is 0 Å². The van der Waals surface area contributed by atoms with Crippen LogP contribution in [0, 0.1) is 0 Å². The smallest absolute Gasteiger partial charge is 0.335 e. The topological polar surface area (TPSA) is 104 Å². The second kappa shape index (κ2) is 5.74. The maximum absolute atomic E-state index is 12.1. The van der Waals surface area contributed by atoms with E-state index in [9.17, 15) is 19.2 Å². The van der Waals surface area contributed by atoms with E-state index in [-0.39, 0.29) is 29.9 Å². The van der Waals surface area contributed by atoms with Gasteiger partial charge in [0.25, 0.3) is 11.8 Å². The maximum Gasteiger partial charge on any atom is 0.335 e. The van der Waals surface area contributed by atoms with Crippen molar-refractivity contribution in [3.63, 3.8) is 0 Å². The van der Waals surface area contributed by atoms with Gasteiger partial charge in [-0.1, -0.05) is 6.07 Å². The number of hydrogen-bond donors (Lipinski definition) is 2. The highest BCUT2D eigenvalue weighted by atomic mass is 16.4. The number of likely N-dealkylation sites (tertiary alicyclic amines) is 1. The van der Waals surface area contributed by atoms with Crippen molar-refractivity contribution >= 4 is 23.7 Å². The van der Waals surface area contributed by atoms with Crippen LogP contribution in [0.4, 0.5) is 0 Å². The molecule has 1 fully saturated rings. The van der Waals surface area contributed by atoms with Gasteiger partial charge in [0.1, 0.15) is 6.04 Å². The fraction of sp³-hybridized carbons (Fsp3) is 0.286. The van der Waals surface area contributed by atoms with Crippen molar-refractivity contribution in [1.82, 2.24) is 10.2 Å². The van der Waals surface area contributed by atoms with Gasteiger partial charge in [-0.05, 0) is 24.6 Å². The Kier molecular flexibility index (Phi) is 4.02. The standard InChI is InChI=1S/C14H14N2O5/c1-16-11(17)6-5-10(13(16)19)15-12(18)8-3-2-4-9(7-8)14(20)21/h2-4,7,10H,5-6H2,1H3,(H,15,18)(H,20,21). The lowest BCUT2D eigenvalue weighted by Gasteiger charge is -2.28. The highest BCUT2D eigenvalue weighted by Crippen LogP contribution is 2.13. The zero-order valence-electron chi connectivity index (χ0n) is 11.3. The number of carboxylic acids is 1. The number of likely N-dealkylation sites (N-methyl/N-ethyl adjacent to an activating group) is 1. The van der Waals surface area contributed by atoms with E-state index < -0.39 is 23.8 Å². The first-order chi connectivity index (χ1) is 9.90. The number of hydrogen-bond acceptors (Lipinski definition) is 4. The molecule has 1 aromatic rings. The fourth-order valence-corrected chi connectivity index (χ4v) is 2.08. The summed E-state index contributed by atoms with van der Waals surface area (Å²) in [6.07, 6.45) is 0.425. The van der Waals surface area contributed by atoms with E-state index in [1.165, 1.54) is 31.3 Å². The summed E-state index contributed by atoms with van der Waals surface area (Å²) >= 11 is 0. The summed E-state index contributed by atoms with van der Waals surface area (Å²) in [5.74, 6) is -2.42. The van der Waals surface area contributed by atoms with Crippen LogP contribution in [-0.2, 0) is 9.59 Å². The third-order valence-electron chi connectivity index (χ3n) is 3.33. The van der Waals surface area contributed by atoms with Crippen molar-refractivity contribution in [3.8, 4) is 0 Å². The second-order valence-corrected chi connectivity index (χ2v) is 4.74. The van der Waals surface area contributed by atoms with Crippen molar-refractivity contribution in [2.75, 3.05) is 7.05 Å². The molecule has 2 rings (SSSR count). The number of carboxylic acid groups (broad SMARTS) is 1. The Labute approximate surface area is 120 Å². The van der Waals surface area contributed by atoms with E-state index in [4.69, 9.17) is 5.11 Å². The number of carbonyl (C=O) groups excluding carboxylic acids is 3. The Morgan fingerprint density at radius 2 is 1.95 bits per heavy atom. The summed E-state index contributed by atoms with van der Waals surface area (Å²) in [5.41, 5.74) is 0.146. The molecule has 110 valence electrons. The monoisotopic (exact) mass is 290 g/mol. The predicted molar refractivity (Wildman–Crippen MR) is 71.7 cm³/mol. The van der Waals surface area contributed by atoms with Crippen LogP contribution >= 0.6 is 0 Å². The first-order valence-corrected chi connectivity index (χ1v) is 6.35. The SMILES string of the molecule is CN1C(=O)CCC(NC(=O)c2cccc(C(=O)O)c2)C1=O. The van der Waals surface area contributed by atoms with Crippen LogP contribution in [0.2, 0.25) is 0 Å². The molecule has 1 heterocycles. The van der Waals surface area contributed by atoms with Crippen LogP contribution in [0.3, 0.4) is 0 Å². The van der Waals surface area contributed by atoms with Crippen LogP contribution in [0.25, 0.3) is 0 Å². The zero-order valence-corrected chi connectivity index (χ0v) is 11.3. The Bertz CT molecular complexity index is 626. The van der Waals surface area contributed by atoms with Crippen LogP contribution < -0.4 is 5.32 Å². The normalized spacial score (nSPS) is 18.5. The van der Waals surface area contributed by atoms with Gasteiger partial charge >= 0.3 is 5.97 Å². The fourth-order valence-electron chi connectivity index (χ4n) is 2.08. The molecule has 1 saturated heterocycles. The lowest BCUT2D eigenvalue weighted by Crippen LogP contribution is -2.52. The van der Waals surface area contributed by atoms with Gasteiger partial charge in [0.2, 0.25) is 5.91 Å². The molecule has 1 aliphatic heterocycles. The van der Waals surface area contributed by atoms with Crippen LogP contribution in [0.5, 0.6) is 0 Å². The van der Waals surface area contributed by atoms with Crippen LogP contribution in [0.1, 0.15) is 33.6 Å². The molecule has 1 aliphatic rings. The van der Waals surface area contributed by atoms with Gasteiger partial charge in [-0.3, -0.25) is 19.3 Å². The average Bonchev–Trinajstić information content (AvgIpc) is 2.48. The number of amides is 3. The molecule has 21 heavy (non-hydrogen) atoms. The summed E-state index contributed by atoms with van der Waals surface area (Å²) in [5, 5.41) is 11.4. The molecular formula is C14H14N2O5. The molecule has 7 nitrogen and oxygen atoms in total. The van der Waals surface area contributed by atoms with E-state index >= 15 is 0 Å². The third kappa shape index (κ3) is 3.07. The average molecular weight is 290 g/mol. The number of nitrogens with zero attached hydrogens (tertiary/aromatic N) is 1. The lowest BCUT2D eigenvalue weighted by molar-refractivity contribution is -0.147. The lowest BCUT2D eigenvalue weighted by atomic mass is 10.0. The van der Waals surface area contributed by atoms with Gasteiger partial charge < -0.3 is 10.4 Å². The molecule has 0 spiro atoms. The van der Waals surface area contributed by atoms with E-state index in [2.05, 4.69) is 5.32 Å². The van der Waals surface area contributed by atoms with E-state index in [1.54, 1.807) is 0 Å². The Morgan fingerprint density at radius 1 is 1.29 bits per heavy atom. The second-order valence-electron chi connectivity index (χ2n) is 4.74. The van der Waals surface area contributed by atoms with E-state index in [0.29, 0.717) is 0 Å². The van der Waals surface area contributed by atoms with Crippen molar-refractivity contribution < 1.29 is 24.3 Å². The zero-order chi connectivity index (χ0) is 15.6. The number of benzene rings is 1. The molecule has 0 saturated carbocycles. The first kappa shape index (κ1) is 14.7. The number of piperidine rings is 1. The Balaban J connectivity index is 2.11. The van der Waals surface area contributed by atoms with Gasteiger partial charge in [-0.25, -0.2) is 4.79 Å². The molecule has 1 atom stereocenters. The minimum Gasteiger partial charge on any atom is -0.478 e. The maximum atomic E-state index is 12.1. The molecule has 0 bridgehead atoms. The van der Waals surface area contributed by atoms with Crippen LogP contribution in [-0.4, -0.2) is 46.8 Å². The molecule has 1 unspecified atom stereocenters. The quantitative estimate of drug-likeness (QED) is 0.777. The number of rotatable bonds is 3. The minimum absolute atomic E-state index is 0.00934. The van der Waals surface area contributed by atoms with Gasteiger partial charge in [-0.15, -0.1) is 0 Å². The van der Waals surface area contributed by atoms with E-state index in [0.717, 1.165) is 4.90 Å². The molecule has 7 heteroatoms.